The summed E-state index contributed by atoms with van der Waals surface area (Å²) in [4.78, 5) is 37.6. The number of carbonyl (C=O) groups is 2. The molecule has 0 radical (unpaired) electrons. The van der Waals surface area contributed by atoms with E-state index in [0.717, 1.165) is 11.1 Å². The minimum Gasteiger partial charge on any atom is -0.355 e. The molecule has 2 aromatic rings. The van der Waals surface area contributed by atoms with Crippen molar-refractivity contribution in [1.29, 1.82) is 0 Å². The van der Waals surface area contributed by atoms with E-state index in [-0.39, 0.29) is 30.5 Å². The average Bonchev–Trinajstić information content (AvgIpc) is 2.67. The molecule has 0 fully saturated rings. The number of para-hydroxylation sites is 1. The van der Waals surface area contributed by atoms with Crippen LogP contribution < -0.4 is 5.32 Å². The molecule has 0 unspecified atom stereocenters. The monoisotopic (exact) mass is 383 g/mol. The molecule has 2 aromatic carbocycles. The Hall–Kier alpha value is -3.22. The quantitative estimate of drug-likeness (QED) is 0.560. The first kappa shape index (κ1) is 21.1. The molecule has 0 aliphatic heterocycles. The molecule has 0 saturated heterocycles. The Balaban J connectivity index is 2.29. The maximum absolute atomic E-state index is 13.0. The van der Waals surface area contributed by atoms with Crippen LogP contribution >= 0.6 is 0 Å². The molecule has 7 heteroatoms. The fourth-order valence-corrected chi connectivity index (χ4v) is 2.90. The van der Waals surface area contributed by atoms with Gasteiger partial charge in [-0.3, -0.25) is 19.7 Å². The van der Waals surface area contributed by atoms with Crippen LogP contribution in [0.5, 0.6) is 0 Å². The third-order valence-corrected chi connectivity index (χ3v) is 4.52. The first-order valence-corrected chi connectivity index (χ1v) is 9.18. The van der Waals surface area contributed by atoms with Crippen LogP contribution in [0.1, 0.15) is 30.5 Å². The van der Waals surface area contributed by atoms with Gasteiger partial charge in [0.1, 0.15) is 6.04 Å². The molecule has 148 valence electrons. The van der Waals surface area contributed by atoms with E-state index in [1.807, 2.05) is 38.1 Å². The van der Waals surface area contributed by atoms with E-state index >= 15 is 0 Å². The first-order valence-electron chi connectivity index (χ1n) is 9.18. The molecular weight excluding hydrogens is 358 g/mol. The van der Waals surface area contributed by atoms with Gasteiger partial charge in [-0.05, 0) is 26.3 Å². The van der Waals surface area contributed by atoms with Crippen molar-refractivity contribution < 1.29 is 14.5 Å². The molecule has 0 bridgehead atoms. The van der Waals surface area contributed by atoms with Crippen molar-refractivity contribution >= 4 is 17.5 Å². The molecule has 2 rings (SSSR count). The number of nitro benzene ring substituents is 1. The molecule has 1 N–H and O–H groups in total. The fourth-order valence-electron chi connectivity index (χ4n) is 2.90. The number of nitro groups is 1. The number of carbonyl (C=O) groups excluding carboxylic acids is 2. The molecule has 7 nitrogen and oxygen atoms in total. The topological polar surface area (TPSA) is 92.6 Å². The predicted molar refractivity (Wildman–Crippen MR) is 107 cm³/mol. The standard InChI is InChI=1S/C21H25N3O4/c1-4-22-21(26)16(3)23(14-17-11-9-15(2)10-12-17)20(25)13-18-7-5-6-8-19(18)24(27)28/h5-12,16H,4,13-14H2,1-3H3,(H,22,26)/t16-/m0/s1. The van der Waals surface area contributed by atoms with E-state index in [9.17, 15) is 19.7 Å². The maximum atomic E-state index is 13.0. The van der Waals surface area contributed by atoms with Crippen molar-refractivity contribution in [3.05, 3.63) is 75.3 Å². The van der Waals surface area contributed by atoms with Crippen molar-refractivity contribution in [3.63, 3.8) is 0 Å². The summed E-state index contributed by atoms with van der Waals surface area (Å²) in [7, 11) is 0. The average molecular weight is 383 g/mol. The van der Waals surface area contributed by atoms with E-state index in [0.29, 0.717) is 12.1 Å². The lowest BCUT2D eigenvalue weighted by Crippen LogP contribution is -2.48. The number of nitrogens with zero attached hydrogens (tertiary/aromatic N) is 2. The van der Waals surface area contributed by atoms with Crippen molar-refractivity contribution in [1.82, 2.24) is 10.2 Å². The highest BCUT2D eigenvalue weighted by Crippen LogP contribution is 2.20. The Morgan fingerprint density at radius 1 is 1.14 bits per heavy atom. The smallest absolute Gasteiger partial charge is 0.273 e. The second-order valence-corrected chi connectivity index (χ2v) is 6.64. The van der Waals surface area contributed by atoms with Crippen molar-refractivity contribution in [2.45, 2.75) is 39.8 Å². The van der Waals surface area contributed by atoms with Crippen LogP contribution in [-0.4, -0.2) is 34.2 Å². The molecule has 0 spiro atoms. The first-order chi connectivity index (χ1) is 13.3. The van der Waals surface area contributed by atoms with Gasteiger partial charge in [0.25, 0.3) is 5.69 Å². The number of hydrogen-bond acceptors (Lipinski definition) is 4. The van der Waals surface area contributed by atoms with Gasteiger partial charge >= 0.3 is 0 Å². The van der Waals surface area contributed by atoms with Gasteiger partial charge in [0.15, 0.2) is 0 Å². The number of hydrogen-bond donors (Lipinski definition) is 1. The highest BCUT2D eigenvalue weighted by atomic mass is 16.6. The molecule has 0 aliphatic rings. The van der Waals surface area contributed by atoms with Crippen LogP contribution in [0.3, 0.4) is 0 Å². The zero-order valence-corrected chi connectivity index (χ0v) is 16.3. The number of rotatable bonds is 8. The van der Waals surface area contributed by atoms with Gasteiger partial charge < -0.3 is 10.2 Å². The van der Waals surface area contributed by atoms with Crippen LogP contribution in [0.15, 0.2) is 48.5 Å². The number of aryl methyl sites for hydroxylation is 1. The lowest BCUT2D eigenvalue weighted by atomic mass is 10.1. The summed E-state index contributed by atoms with van der Waals surface area (Å²) in [6.45, 7) is 6.15. The fraction of sp³-hybridized carbons (Fsp3) is 0.333. The minimum absolute atomic E-state index is 0.100. The van der Waals surface area contributed by atoms with Crippen molar-refractivity contribution in [3.8, 4) is 0 Å². The number of nitrogens with one attached hydrogen (secondary N) is 1. The van der Waals surface area contributed by atoms with Crippen LogP contribution in [0.2, 0.25) is 0 Å². The van der Waals surface area contributed by atoms with Gasteiger partial charge in [-0.25, -0.2) is 0 Å². The summed E-state index contributed by atoms with van der Waals surface area (Å²) in [6.07, 6.45) is -0.146. The van der Waals surface area contributed by atoms with Gasteiger partial charge in [-0.2, -0.15) is 0 Å². The second kappa shape index (κ2) is 9.64. The summed E-state index contributed by atoms with van der Waals surface area (Å²) >= 11 is 0. The molecule has 0 aromatic heterocycles. The van der Waals surface area contributed by atoms with E-state index in [1.165, 1.54) is 11.0 Å². The SMILES string of the molecule is CCNC(=O)[C@H](C)N(Cc1ccc(C)cc1)C(=O)Cc1ccccc1[N+](=O)[O-]. The molecule has 0 aliphatic carbocycles. The van der Waals surface area contributed by atoms with Crippen LogP contribution in [-0.2, 0) is 22.6 Å². The van der Waals surface area contributed by atoms with Crippen LogP contribution in [0.25, 0.3) is 0 Å². The maximum Gasteiger partial charge on any atom is 0.273 e. The van der Waals surface area contributed by atoms with E-state index in [2.05, 4.69) is 5.32 Å². The largest absolute Gasteiger partial charge is 0.355 e. The Kier molecular flexibility index (Phi) is 7.26. The predicted octanol–water partition coefficient (Wildman–Crippen LogP) is 3.00. The number of likely N-dealkylation sites (N-methyl/N-ethyl adjacent to an activating group) is 1. The number of benzene rings is 2. The normalized spacial score (nSPS) is 11.5. The third kappa shape index (κ3) is 5.39. The molecule has 2 amide bonds. The van der Waals surface area contributed by atoms with Gasteiger partial charge in [0, 0.05) is 24.7 Å². The number of amides is 2. The molecule has 1 atom stereocenters. The van der Waals surface area contributed by atoms with Crippen LogP contribution in [0, 0.1) is 17.0 Å². The van der Waals surface area contributed by atoms with E-state index in [1.54, 1.807) is 25.1 Å². The van der Waals surface area contributed by atoms with Crippen LogP contribution in [0.4, 0.5) is 5.69 Å². The van der Waals surface area contributed by atoms with Gasteiger partial charge in [0.2, 0.25) is 11.8 Å². The molecule has 0 saturated carbocycles. The molecule has 28 heavy (non-hydrogen) atoms. The highest BCUT2D eigenvalue weighted by Gasteiger charge is 2.27. The van der Waals surface area contributed by atoms with Gasteiger partial charge in [-0.1, -0.05) is 48.0 Å². The lowest BCUT2D eigenvalue weighted by molar-refractivity contribution is -0.385. The lowest BCUT2D eigenvalue weighted by Gasteiger charge is -2.28. The molecular formula is C21H25N3O4. The highest BCUT2D eigenvalue weighted by molar-refractivity contribution is 5.88. The summed E-state index contributed by atoms with van der Waals surface area (Å²) in [6, 6.07) is 13.2. The van der Waals surface area contributed by atoms with Gasteiger partial charge in [-0.15, -0.1) is 0 Å². The minimum atomic E-state index is -0.698. The summed E-state index contributed by atoms with van der Waals surface area (Å²) in [5.74, 6) is -0.598. The Morgan fingerprint density at radius 3 is 2.39 bits per heavy atom. The zero-order valence-electron chi connectivity index (χ0n) is 16.3. The Labute approximate surface area is 164 Å². The van der Waals surface area contributed by atoms with E-state index in [4.69, 9.17) is 0 Å². The van der Waals surface area contributed by atoms with Crippen molar-refractivity contribution in [2.75, 3.05) is 6.54 Å². The zero-order chi connectivity index (χ0) is 20.7. The summed E-state index contributed by atoms with van der Waals surface area (Å²) in [5, 5.41) is 14.0. The Morgan fingerprint density at radius 2 is 1.79 bits per heavy atom. The summed E-state index contributed by atoms with van der Waals surface area (Å²) < 4.78 is 0. The molecule has 0 heterocycles. The van der Waals surface area contributed by atoms with E-state index < -0.39 is 11.0 Å². The Bertz CT molecular complexity index is 849. The van der Waals surface area contributed by atoms with Gasteiger partial charge in [0.05, 0.1) is 11.3 Å². The third-order valence-electron chi connectivity index (χ3n) is 4.52. The second-order valence-electron chi connectivity index (χ2n) is 6.64. The summed E-state index contributed by atoms with van der Waals surface area (Å²) in [5.41, 5.74) is 2.21. The van der Waals surface area contributed by atoms with Crippen molar-refractivity contribution in [2.24, 2.45) is 0 Å².